The van der Waals surface area contributed by atoms with E-state index in [1.807, 2.05) is 41.8 Å². The van der Waals surface area contributed by atoms with Crippen LogP contribution in [-0.4, -0.2) is 33.6 Å². The number of nitrogens with zero attached hydrogens (tertiary/aromatic N) is 2. The summed E-state index contributed by atoms with van der Waals surface area (Å²) in [5.74, 6) is -0.959. The zero-order chi connectivity index (χ0) is 23.7. The molecule has 0 amide bonds. The van der Waals surface area contributed by atoms with Crippen LogP contribution >= 0.6 is 0 Å². The van der Waals surface area contributed by atoms with E-state index in [9.17, 15) is 9.90 Å². The Balaban J connectivity index is 0.000000429. The predicted molar refractivity (Wildman–Crippen MR) is 135 cm³/mol. The van der Waals surface area contributed by atoms with Crippen LogP contribution in [0.3, 0.4) is 0 Å². The number of imidazole rings is 1. The number of fused-ring (bicyclic) bond motifs is 1. The van der Waals surface area contributed by atoms with Crippen molar-refractivity contribution < 1.29 is 9.90 Å². The number of carboxylic acids is 1. The molecule has 2 aliphatic rings. The number of pyridine rings is 1. The minimum absolute atomic E-state index is 0.198. The molecule has 174 valence electrons. The second-order valence-corrected chi connectivity index (χ2v) is 9.28. The second-order valence-electron chi connectivity index (χ2n) is 9.28. The first-order valence-corrected chi connectivity index (χ1v) is 11.9. The highest BCUT2D eigenvalue weighted by Gasteiger charge is 2.34. The van der Waals surface area contributed by atoms with Gasteiger partial charge in [0.25, 0.3) is 0 Å². The molecule has 0 spiro atoms. The molecule has 4 aromatic rings. The Kier molecular flexibility index (Phi) is 5.94. The van der Waals surface area contributed by atoms with Crippen LogP contribution < -0.4 is 11.1 Å². The highest BCUT2D eigenvalue weighted by Crippen LogP contribution is 2.40. The van der Waals surface area contributed by atoms with Crippen molar-refractivity contribution in [2.45, 2.75) is 43.7 Å². The van der Waals surface area contributed by atoms with Crippen molar-refractivity contribution in [3.05, 3.63) is 84.1 Å². The topological polar surface area (TPSA) is 92.6 Å². The third kappa shape index (κ3) is 4.34. The maximum atomic E-state index is 11.5. The molecule has 2 heterocycles. The van der Waals surface area contributed by atoms with Gasteiger partial charge in [0.2, 0.25) is 0 Å². The van der Waals surface area contributed by atoms with E-state index >= 15 is 0 Å². The number of benzene rings is 2. The first-order chi connectivity index (χ1) is 16.5. The zero-order valence-electron chi connectivity index (χ0n) is 19.4. The molecular formula is C28H30N4O2. The van der Waals surface area contributed by atoms with E-state index in [-0.39, 0.29) is 11.1 Å². The van der Waals surface area contributed by atoms with E-state index in [0.29, 0.717) is 5.65 Å². The third-order valence-corrected chi connectivity index (χ3v) is 6.88. The van der Waals surface area contributed by atoms with E-state index in [2.05, 4.69) is 29.6 Å². The summed E-state index contributed by atoms with van der Waals surface area (Å²) in [7, 11) is 2.01. The monoisotopic (exact) mass is 454 g/mol. The lowest BCUT2D eigenvalue weighted by molar-refractivity contribution is 0.0696. The fourth-order valence-corrected chi connectivity index (χ4v) is 4.42. The maximum Gasteiger partial charge on any atom is 0.337 e. The fourth-order valence-electron chi connectivity index (χ4n) is 4.42. The summed E-state index contributed by atoms with van der Waals surface area (Å²) in [6.07, 6.45) is 7.65. The Labute approximate surface area is 199 Å². The van der Waals surface area contributed by atoms with Crippen molar-refractivity contribution in [3.63, 3.8) is 0 Å². The average Bonchev–Trinajstić information content (AvgIpc) is 3.62. The van der Waals surface area contributed by atoms with Crippen LogP contribution in [0.15, 0.2) is 72.9 Å². The molecule has 6 rings (SSSR count). The Morgan fingerprint density at radius 3 is 2.26 bits per heavy atom. The lowest BCUT2D eigenvalue weighted by Gasteiger charge is -2.38. The third-order valence-electron chi connectivity index (χ3n) is 6.88. The maximum absolute atomic E-state index is 11.5. The van der Waals surface area contributed by atoms with Crippen molar-refractivity contribution in [2.75, 3.05) is 7.05 Å². The van der Waals surface area contributed by atoms with Crippen molar-refractivity contribution in [1.29, 1.82) is 0 Å². The summed E-state index contributed by atoms with van der Waals surface area (Å²) in [4.78, 5) is 16.3. The molecular weight excluding hydrogens is 424 g/mol. The summed E-state index contributed by atoms with van der Waals surface area (Å²) < 4.78 is 1.86. The number of aromatic nitrogens is 2. The molecule has 6 heteroatoms. The molecule has 4 N–H and O–H groups in total. The van der Waals surface area contributed by atoms with Crippen LogP contribution in [0.5, 0.6) is 0 Å². The molecule has 0 saturated heterocycles. The first-order valence-electron chi connectivity index (χ1n) is 11.9. The highest BCUT2D eigenvalue weighted by molar-refractivity contribution is 5.89. The van der Waals surface area contributed by atoms with Gasteiger partial charge >= 0.3 is 5.97 Å². The molecule has 0 unspecified atom stereocenters. The number of carbonyl (C=O) groups is 1. The summed E-state index contributed by atoms with van der Waals surface area (Å²) in [6, 6.07) is 22.5. The van der Waals surface area contributed by atoms with E-state index < -0.39 is 5.97 Å². The number of hydrogen-bond acceptors (Lipinski definition) is 4. The first kappa shape index (κ1) is 22.3. The summed E-state index contributed by atoms with van der Waals surface area (Å²) in [5.41, 5.74) is 12.0. The van der Waals surface area contributed by atoms with Gasteiger partial charge in [0.05, 0.1) is 17.0 Å². The summed E-state index contributed by atoms with van der Waals surface area (Å²) in [5, 5.41) is 12.6. The smallest absolute Gasteiger partial charge is 0.337 e. The molecule has 6 nitrogen and oxygen atoms in total. The number of rotatable bonds is 5. The van der Waals surface area contributed by atoms with Crippen LogP contribution in [0.4, 0.5) is 0 Å². The molecule has 2 aromatic heterocycles. The number of hydrogen-bond donors (Lipinski definition) is 3. The largest absolute Gasteiger partial charge is 0.478 e. The molecule has 2 fully saturated rings. The van der Waals surface area contributed by atoms with Crippen LogP contribution in [0.1, 0.15) is 48.0 Å². The van der Waals surface area contributed by atoms with Gasteiger partial charge in [0.1, 0.15) is 5.65 Å². The van der Waals surface area contributed by atoms with Crippen LogP contribution in [-0.2, 0) is 5.54 Å². The van der Waals surface area contributed by atoms with Gasteiger partial charge < -0.3 is 16.2 Å². The Hall–Kier alpha value is -3.48. The van der Waals surface area contributed by atoms with Crippen molar-refractivity contribution in [1.82, 2.24) is 14.7 Å². The summed E-state index contributed by atoms with van der Waals surface area (Å²) in [6.45, 7) is 0. The fraction of sp³-hybridized carbons (Fsp3) is 0.286. The minimum Gasteiger partial charge on any atom is -0.478 e. The molecule has 0 aliphatic heterocycles. The van der Waals surface area contributed by atoms with E-state index in [1.54, 1.807) is 18.3 Å². The molecule has 0 radical (unpaired) electrons. The normalized spacial score (nSPS) is 16.4. The van der Waals surface area contributed by atoms with Gasteiger partial charge in [0.15, 0.2) is 0 Å². The average molecular weight is 455 g/mol. The second kappa shape index (κ2) is 9.05. The minimum atomic E-state index is -0.959. The number of aromatic carboxylic acids is 1. The summed E-state index contributed by atoms with van der Waals surface area (Å²) >= 11 is 0. The van der Waals surface area contributed by atoms with E-state index in [4.69, 9.17) is 10.7 Å². The molecule has 34 heavy (non-hydrogen) atoms. The highest BCUT2D eigenvalue weighted by atomic mass is 16.4. The molecule has 0 atom stereocenters. The van der Waals surface area contributed by atoms with Crippen LogP contribution in [0, 0.1) is 0 Å². The van der Waals surface area contributed by atoms with Crippen molar-refractivity contribution in [2.24, 2.45) is 5.73 Å². The number of nitrogens with one attached hydrogen (secondary N) is 1. The SMILES string of the molecule is CNC1CC1.NC1(c2ccc(-c3nc4ccc(C(=O)O)cn4c3-c3ccccc3)cc2)CCC1. The van der Waals surface area contributed by atoms with Gasteiger partial charge in [-0.05, 0) is 56.8 Å². The van der Waals surface area contributed by atoms with Crippen LogP contribution in [0.25, 0.3) is 28.2 Å². The van der Waals surface area contributed by atoms with Crippen molar-refractivity contribution in [3.8, 4) is 22.5 Å². The van der Waals surface area contributed by atoms with Gasteiger partial charge in [-0.1, -0.05) is 54.6 Å². The Morgan fingerprint density at radius 1 is 1.03 bits per heavy atom. The van der Waals surface area contributed by atoms with E-state index in [0.717, 1.165) is 47.0 Å². The van der Waals surface area contributed by atoms with E-state index in [1.165, 1.54) is 19.3 Å². The predicted octanol–water partition coefficient (Wildman–Crippen LogP) is 5.07. The van der Waals surface area contributed by atoms with Gasteiger partial charge in [-0.3, -0.25) is 4.40 Å². The lowest BCUT2D eigenvalue weighted by atomic mass is 9.72. The quantitative estimate of drug-likeness (QED) is 0.391. The van der Waals surface area contributed by atoms with Crippen LogP contribution in [0.2, 0.25) is 0 Å². The zero-order valence-corrected chi connectivity index (χ0v) is 19.4. The standard InChI is InChI=1S/C24H21N3O2.C4H9N/c25-24(13-4-14-24)19-10-7-16(8-11-19)21-22(17-5-2-1-3-6-17)27-15-18(23(28)29)9-12-20(27)26-21;1-5-4-2-3-4/h1-3,5-12,15H,4,13-14,25H2,(H,28,29);4-5H,2-3H2,1H3. The molecule has 0 bridgehead atoms. The van der Waals surface area contributed by atoms with Crippen molar-refractivity contribution >= 4 is 11.6 Å². The number of carboxylic acid groups (broad SMARTS) is 1. The van der Waals surface area contributed by atoms with Gasteiger partial charge in [-0.25, -0.2) is 9.78 Å². The molecule has 2 aliphatic carbocycles. The van der Waals surface area contributed by atoms with Gasteiger partial charge in [-0.2, -0.15) is 0 Å². The number of nitrogens with two attached hydrogens (primary N) is 1. The lowest BCUT2D eigenvalue weighted by Crippen LogP contribution is -2.43. The van der Waals surface area contributed by atoms with Gasteiger partial charge in [0, 0.05) is 28.9 Å². The Bertz CT molecular complexity index is 1300. The molecule has 2 aromatic carbocycles. The Morgan fingerprint density at radius 2 is 1.74 bits per heavy atom. The molecule has 2 saturated carbocycles. The van der Waals surface area contributed by atoms with Gasteiger partial charge in [-0.15, -0.1) is 0 Å².